The van der Waals surface area contributed by atoms with E-state index in [1.807, 2.05) is 0 Å². The largest absolute Gasteiger partial charge is 0.481 e. The summed E-state index contributed by atoms with van der Waals surface area (Å²) in [6.07, 6.45) is 20.0. The van der Waals surface area contributed by atoms with E-state index in [4.69, 9.17) is 24.1 Å². The van der Waals surface area contributed by atoms with Crippen LogP contribution in [0.15, 0.2) is 24.3 Å². The van der Waals surface area contributed by atoms with Gasteiger partial charge in [-0.2, -0.15) is 0 Å². The van der Waals surface area contributed by atoms with Crippen molar-refractivity contribution in [3.05, 3.63) is 24.3 Å². The van der Waals surface area contributed by atoms with E-state index in [2.05, 4.69) is 45.1 Å². The van der Waals surface area contributed by atoms with Gasteiger partial charge in [-0.15, -0.1) is 0 Å². The highest BCUT2D eigenvalue weighted by atomic mass is 16.7. The van der Waals surface area contributed by atoms with Crippen molar-refractivity contribution in [3.63, 3.8) is 0 Å². The molecule has 3 aliphatic rings. The molecule has 2 saturated heterocycles. The Labute approximate surface area is 236 Å². The normalized spacial score (nSPS) is 31.3. The Bertz CT molecular complexity index is 752. The Hall–Kier alpha value is -1.25. The molecule has 0 bridgehead atoms. The van der Waals surface area contributed by atoms with Crippen LogP contribution in [0.1, 0.15) is 111 Å². The Morgan fingerprint density at radius 3 is 2.41 bits per heavy atom. The molecule has 1 saturated carbocycles. The number of ether oxygens (including phenoxy) is 4. The van der Waals surface area contributed by atoms with Crippen LogP contribution in [0.2, 0.25) is 0 Å². The monoisotopic (exact) mass is 550 g/mol. The molecule has 0 radical (unpaired) electrons. The Morgan fingerprint density at radius 2 is 1.77 bits per heavy atom. The smallest absolute Gasteiger partial charge is 0.303 e. The van der Waals surface area contributed by atoms with Gasteiger partial charge in [-0.25, -0.2) is 0 Å². The molecule has 3 fully saturated rings. The number of carbonyl (C=O) groups is 1. The average molecular weight is 551 g/mol. The van der Waals surface area contributed by atoms with Gasteiger partial charge in [0.05, 0.1) is 18.3 Å². The summed E-state index contributed by atoms with van der Waals surface area (Å²) in [5.74, 6) is -0.701. The fraction of sp³-hybridized carbons (Fsp3) is 0.844. The van der Waals surface area contributed by atoms with Gasteiger partial charge in [0.25, 0.3) is 0 Å². The number of allylic oxidation sites excluding steroid dienone is 2. The van der Waals surface area contributed by atoms with E-state index in [9.17, 15) is 9.90 Å². The van der Waals surface area contributed by atoms with Crippen LogP contribution in [0.4, 0.5) is 0 Å². The highest BCUT2D eigenvalue weighted by Crippen LogP contribution is 2.41. The summed E-state index contributed by atoms with van der Waals surface area (Å²) in [7, 11) is 0. The molecule has 7 atom stereocenters. The van der Waals surface area contributed by atoms with Gasteiger partial charge < -0.3 is 29.2 Å². The van der Waals surface area contributed by atoms with Gasteiger partial charge in [0.1, 0.15) is 0 Å². The maximum atomic E-state index is 11.1. The second-order valence-corrected chi connectivity index (χ2v) is 12.3. The molecule has 0 aromatic carbocycles. The van der Waals surface area contributed by atoms with Crippen molar-refractivity contribution in [2.75, 3.05) is 13.2 Å². The van der Waals surface area contributed by atoms with Crippen molar-refractivity contribution in [1.82, 2.24) is 0 Å². The molecule has 2 unspecified atom stereocenters. The van der Waals surface area contributed by atoms with Crippen LogP contribution in [0.5, 0.6) is 0 Å². The number of carboxylic acids is 1. The minimum atomic E-state index is -0.762. The number of aliphatic carboxylic acids is 1. The first-order valence-electron chi connectivity index (χ1n) is 15.6. The van der Waals surface area contributed by atoms with E-state index in [1.54, 1.807) is 0 Å². The molecule has 224 valence electrons. The molecule has 3 rings (SSSR count). The quantitative estimate of drug-likeness (QED) is 0.162. The number of hydrogen-bond donors (Lipinski definition) is 2. The van der Waals surface area contributed by atoms with Crippen LogP contribution in [0, 0.1) is 17.3 Å². The number of hydrogen-bond acceptors (Lipinski definition) is 6. The van der Waals surface area contributed by atoms with Crippen molar-refractivity contribution in [2.24, 2.45) is 17.3 Å². The zero-order chi connectivity index (χ0) is 28.1. The van der Waals surface area contributed by atoms with Crippen LogP contribution in [-0.2, 0) is 23.7 Å². The fourth-order valence-electron chi connectivity index (χ4n) is 6.06. The molecule has 0 amide bonds. The average Bonchev–Trinajstić information content (AvgIpc) is 3.21. The van der Waals surface area contributed by atoms with Crippen molar-refractivity contribution >= 4 is 5.97 Å². The van der Waals surface area contributed by atoms with Gasteiger partial charge >= 0.3 is 5.97 Å². The molecule has 7 heteroatoms. The molecule has 2 aliphatic heterocycles. The van der Waals surface area contributed by atoms with E-state index in [0.717, 1.165) is 83.8 Å². The van der Waals surface area contributed by atoms with Crippen LogP contribution in [-0.4, -0.2) is 60.3 Å². The summed E-state index contributed by atoms with van der Waals surface area (Å²) in [5, 5.41) is 20.0. The summed E-state index contributed by atoms with van der Waals surface area (Å²) in [5.41, 5.74) is -0.0487. The molecule has 39 heavy (non-hydrogen) atoms. The first-order chi connectivity index (χ1) is 18.8. The second kappa shape index (κ2) is 16.9. The summed E-state index contributed by atoms with van der Waals surface area (Å²) in [6.45, 7) is 8.27. The van der Waals surface area contributed by atoms with Crippen molar-refractivity contribution in [3.8, 4) is 0 Å². The van der Waals surface area contributed by atoms with Gasteiger partial charge in [0.15, 0.2) is 12.6 Å². The maximum Gasteiger partial charge on any atom is 0.303 e. The van der Waals surface area contributed by atoms with Crippen molar-refractivity contribution in [2.45, 2.75) is 142 Å². The fourth-order valence-corrected chi connectivity index (χ4v) is 6.06. The number of rotatable bonds is 16. The van der Waals surface area contributed by atoms with Crippen molar-refractivity contribution < 1.29 is 34.0 Å². The third kappa shape index (κ3) is 10.9. The van der Waals surface area contributed by atoms with Gasteiger partial charge in [-0.3, -0.25) is 4.79 Å². The molecule has 0 aromatic heterocycles. The van der Waals surface area contributed by atoms with E-state index in [-0.39, 0.29) is 48.5 Å². The number of unbranched alkanes of at least 4 members (excludes halogenated alkanes) is 2. The lowest BCUT2D eigenvalue weighted by Gasteiger charge is -2.36. The number of aliphatic hydroxyl groups is 1. The van der Waals surface area contributed by atoms with E-state index in [0.29, 0.717) is 12.8 Å². The Morgan fingerprint density at radius 1 is 1.05 bits per heavy atom. The zero-order valence-electron chi connectivity index (χ0n) is 24.6. The molecular formula is C32H54O7. The Kier molecular flexibility index (Phi) is 14.0. The molecule has 0 aromatic rings. The van der Waals surface area contributed by atoms with Crippen LogP contribution >= 0.6 is 0 Å². The maximum absolute atomic E-state index is 11.1. The van der Waals surface area contributed by atoms with E-state index < -0.39 is 12.1 Å². The van der Waals surface area contributed by atoms with Crippen molar-refractivity contribution in [1.29, 1.82) is 0 Å². The lowest BCUT2D eigenvalue weighted by Crippen LogP contribution is -2.37. The molecule has 2 heterocycles. The van der Waals surface area contributed by atoms with Crippen LogP contribution in [0.3, 0.4) is 0 Å². The Balaban J connectivity index is 1.75. The lowest BCUT2D eigenvalue weighted by atomic mass is 9.80. The molecular weight excluding hydrogens is 496 g/mol. The van der Waals surface area contributed by atoms with Gasteiger partial charge in [-0.05, 0) is 75.5 Å². The third-order valence-electron chi connectivity index (χ3n) is 8.58. The second-order valence-electron chi connectivity index (χ2n) is 12.3. The van der Waals surface area contributed by atoms with Crippen LogP contribution < -0.4 is 0 Å². The lowest BCUT2D eigenvalue weighted by molar-refractivity contribution is -0.198. The first kappa shape index (κ1) is 32.3. The number of aliphatic hydroxyl groups excluding tert-OH is 1. The summed E-state index contributed by atoms with van der Waals surface area (Å²) < 4.78 is 24.9. The van der Waals surface area contributed by atoms with E-state index >= 15 is 0 Å². The predicted molar refractivity (Wildman–Crippen MR) is 152 cm³/mol. The number of carboxylic acid groups (broad SMARTS) is 1. The minimum absolute atomic E-state index is 0.0240. The zero-order valence-corrected chi connectivity index (χ0v) is 24.6. The summed E-state index contributed by atoms with van der Waals surface area (Å²) >= 11 is 0. The predicted octanol–water partition coefficient (Wildman–Crippen LogP) is 6.78. The minimum Gasteiger partial charge on any atom is -0.481 e. The molecule has 2 N–H and O–H groups in total. The van der Waals surface area contributed by atoms with E-state index in [1.165, 1.54) is 0 Å². The topological polar surface area (TPSA) is 94.5 Å². The van der Waals surface area contributed by atoms with Crippen LogP contribution in [0.25, 0.3) is 0 Å². The summed E-state index contributed by atoms with van der Waals surface area (Å²) in [4.78, 5) is 10.8. The summed E-state index contributed by atoms with van der Waals surface area (Å²) in [6, 6.07) is 0. The highest BCUT2D eigenvalue weighted by Gasteiger charge is 2.43. The van der Waals surface area contributed by atoms with Gasteiger partial charge in [0.2, 0.25) is 0 Å². The molecule has 7 nitrogen and oxygen atoms in total. The van der Waals surface area contributed by atoms with Gasteiger partial charge in [-0.1, -0.05) is 57.9 Å². The molecule has 0 spiro atoms. The standard InChI is InChI=1S/C32H54O7/c1-4-5-20-32(2,3)28(39-31-17-11-13-22-37-31)19-18-25-24(14-8-6-7-9-15-29(34)35)26(33)23-27(25)38-30-16-10-12-21-36-30/h6,8,18-19,24-28,30-31,33H,4-5,7,9-17,20-23H2,1-3H3,(H,34,35)/t24-,25-,26+,27-,28-,30?,31?/m1/s1. The molecule has 1 aliphatic carbocycles. The SMILES string of the molecule is CCCCC(C)(C)[C@@H](C=C[C@@H]1[C@@H](CC=CCCCC(=O)O)[C@@H](O)C[C@H]1OC1CCCCO1)OC1CCCCO1. The van der Waals surface area contributed by atoms with Gasteiger partial charge in [0, 0.05) is 32.0 Å². The highest BCUT2D eigenvalue weighted by molar-refractivity contribution is 5.66. The third-order valence-corrected chi connectivity index (χ3v) is 8.58. The first-order valence-corrected chi connectivity index (χ1v) is 15.6.